The zero-order valence-corrected chi connectivity index (χ0v) is 19.1. The second kappa shape index (κ2) is 10.1. The summed E-state index contributed by atoms with van der Waals surface area (Å²) >= 11 is 0. The van der Waals surface area contributed by atoms with Crippen molar-refractivity contribution in [3.8, 4) is 0 Å². The second-order valence-electron chi connectivity index (χ2n) is 7.11. The van der Waals surface area contributed by atoms with Crippen LogP contribution in [0, 0.1) is 5.41 Å². The second-order valence-corrected chi connectivity index (χ2v) is 9.20. The Bertz CT molecular complexity index is 603. The maximum absolute atomic E-state index is 12.6. The minimum atomic E-state index is -3.06. The highest BCUT2D eigenvalue weighted by Crippen LogP contribution is 2.38. The molecule has 0 unspecified atom stereocenters. The predicted octanol–water partition coefficient (Wildman–Crippen LogP) is 0.454. The van der Waals surface area contributed by atoms with Gasteiger partial charge in [-0.25, -0.2) is 12.7 Å². The summed E-state index contributed by atoms with van der Waals surface area (Å²) in [5, 5.41) is 6.41. The summed E-state index contributed by atoms with van der Waals surface area (Å²) in [5.41, 5.74) is -0.362. The molecule has 0 radical (unpaired) electrons. The van der Waals surface area contributed by atoms with Crippen LogP contribution in [0.4, 0.5) is 0 Å². The minimum absolute atomic E-state index is 0. The smallest absolute Gasteiger partial charge is 0.230 e. The van der Waals surface area contributed by atoms with Crippen molar-refractivity contribution in [3.05, 3.63) is 0 Å². The third-order valence-corrected chi connectivity index (χ3v) is 7.05. The first-order chi connectivity index (χ1) is 11.8. The van der Waals surface area contributed by atoms with Gasteiger partial charge in [-0.15, -0.1) is 24.0 Å². The average Bonchev–Trinajstić information content (AvgIpc) is 3.17. The fourth-order valence-electron chi connectivity index (χ4n) is 3.71. The zero-order valence-electron chi connectivity index (χ0n) is 16.0. The summed E-state index contributed by atoms with van der Waals surface area (Å²) in [5.74, 6) is 1.01. The van der Waals surface area contributed by atoms with Crippen LogP contribution in [0.5, 0.6) is 0 Å². The van der Waals surface area contributed by atoms with Gasteiger partial charge in [0.1, 0.15) is 0 Å². The molecule has 10 heteroatoms. The Hall–Kier alpha value is -0.620. The lowest BCUT2D eigenvalue weighted by Crippen LogP contribution is -2.50. The molecule has 0 aromatic heterocycles. The van der Waals surface area contributed by atoms with E-state index in [-0.39, 0.29) is 41.1 Å². The Morgan fingerprint density at radius 3 is 2.35 bits per heavy atom. The highest BCUT2D eigenvalue weighted by atomic mass is 127. The van der Waals surface area contributed by atoms with E-state index in [1.807, 2.05) is 0 Å². The van der Waals surface area contributed by atoms with Gasteiger partial charge in [-0.05, 0) is 19.3 Å². The van der Waals surface area contributed by atoms with E-state index < -0.39 is 10.0 Å². The first-order valence-electron chi connectivity index (χ1n) is 8.95. The number of rotatable bonds is 6. The fourth-order valence-corrected chi connectivity index (χ4v) is 5.24. The molecule has 1 aliphatic heterocycles. The topological polar surface area (TPSA) is 94.1 Å². The van der Waals surface area contributed by atoms with Gasteiger partial charge in [0.05, 0.1) is 11.2 Å². The van der Waals surface area contributed by atoms with Crippen molar-refractivity contribution >= 4 is 45.9 Å². The highest BCUT2D eigenvalue weighted by molar-refractivity contribution is 14.0. The van der Waals surface area contributed by atoms with Gasteiger partial charge in [0.15, 0.2) is 5.96 Å². The van der Waals surface area contributed by atoms with Crippen LogP contribution in [0.15, 0.2) is 4.99 Å². The quantitative estimate of drug-likeness (QED) is 0.313. The number of amides is 1. The fraction of sp³-hybridized carbons (Fsp3) is 0.875. The number of aliphatic imine (C=N–C) groups is 1. The van der Waals surface area contributed by atoms with E-state index in [4.69, 9.17) is 0 Å². The molecule has 1 aliphatic carbocycles. The van der Waals surface area contributed by atoms with Crippen molar-refractivity contribution in [1.29, 1.82) is 0 Å². The van der Waals surface area contributed by atoms with Crippen molar-refractivity contribution < 1.29 is 13.2 Å². The van der Waals surface area contributed by atoms with Crippen molar-refractivity contribution in [1.82, 2.24) is 19.8 Å². The van der Waals surface area contributed by atoms with Crippen LogP contribution in [-0.4, -0.2) is 82.6 Å². The molecule has 2 aliphatic rings. The van der Waals surface area contributed by atoms with Crippen LogP contribution >= 0.6 is 24.0 Å². The Labute approximate surface area is 174 Å². The van der Waals surface area contributed by atoms with Gasteiger partial charge in [-0.1, -0.05) is 12.8 Å². The van der Waals surface area contributed by atoms with Crippen molar-refractivity contribution in [2.24, 2.45) is 10.4 Å². The Balaban J connectivity index is 0.00000338. The number of hydrogen-bond acceptors (Lipinski definition) is 4. The highest BCUT2D eigenvalue weighted by Gasteiger charge is 2.42. The van der Waals surface area contributed by atoms with Gasteiger partial charge in [0.25, 0.3) is 0 Å². The van der Waals surface area contributed by atoms with Crippen molar-refractivity contribution in [2.45, 2.75) is 32.1 Å². The SMILES string of the molecule is CN=C(NCCN1CCCS1(=O)=O)NCC1(C(=O)N(C)C)CCCC1.I. The molecule has 1 amide bonds. The maximum Gasteiger partial charge on any atom is 0.230 e. The molecule has 152 valence electrons. The molecule has 1 saturated carbocycles. The Morgan fingerprint density at radius 1 is 1.19 bits per heavy atom. The van der Waals surface area contributed by atoms with Gasteiger partial charge in [-0.3, -0.25) is 9.79 Å². The van der Waals surface area contributed by atoms with Gasteiger partial charge in [0, 0.05) is 47.3 Å². The van der Waals surface area contributed by atoms with Crippen LogP contribution in [0.2, 0.25) is 0 Å². The van der Waals surface area contributed by atoms with Gasteiger partial charge >= 0.3 is 0 Å². The summed E-state index contributed by atoms with van der Waals surface area (Å²) in [6.07, 6.45) is 4.62. The largest absolute Gasteiger partial charge is 0.355 e. The molecule has 1 heterocycles. The number of hydrogen-bond donors (Lipinski definition) is 2. The molecule has 0 atom stereocenters. The van der Waals surface area contributed by atoms with Crippen LogP contribution < -0.4 is 10.6 Å². The summed E-state index contributed by atoms with van der Waals surface area (Å²) < 4.78 is 25.1. The summed E-state index contributed by atoms with van der Waals surface area (Å²) in [6, 6.07) is 0. The molecule has 0 aromatic rings. The molecule has 2 fully saturated rings. The Kier molecular flexibility index (Phi) is 9.07. The number of carbonyl (C=O) groups is 1. The lowest BCUT2D eigenvalue weighted by atomic mass is 9.84. The van der Waals surface area contributed by atoms with Crippen LogP contribution in [0.1, 0.15) is 32.1 Å². The third-order valence-electron chi connectivity index (χ3n) is 5.10. The minimum Gasteiger partial charge on any atom is -0.355 e. The van der Waals surface area contributed by atoms with Gasteiger partial charge in [-0.2, -0.15) is 0 Å². The van der Waals surface area contributed by atoms with E-state index in [2.05, 4.69) is 15.6 Å². The molecule has 1 saturated heterocycles. The first kappa shape index (κ1) is 23.4. The molecule has 26 heavy (non-hydrogen) atoms. The third kappa shape index (κ3) is 5.69. The van der Waals surface area contributed by atoms with E-state index in [9.17, 15) is 13.2 Å². The lowest BCUT2D eigenvalue weighted by Gasteiger charge is -2.31. The predicted molar refractivity (Wildman–Crippen MR) is 114 cm³/mol. The molecule has 2 N–H and O–H groups in total. The van der Waals surface area contributed by atoms with E-state index >= 15 is 0 Å². The number of nitrogens with zero attached hydrogens (tertiary/aromatic N) is 3. The monoisotopic (exact) mass is 501 g/mol. The zero-order chi connectivity index (χ0) is 18.5. The maximum atomic E-state index is 12.6. The molecule has 8 nitrogen and oxygen atoms in total. The summed E-state index contributed by atoms with van der Waals surface area (Å²) in [7, 11) is 2.21. The molecule has 0 spiro atoms. The first-order valence-corrected chi connectivity index (χ1v) is 10.6. The standard InChI is InChI=1S/C16H31N5O3S.HI/c1-17-15(18-9-11-21-10-6-12-25(21,23)24)19-13-16(7-4-5-8-16)14(22)20(2)3;/h4-13H2,1-3H3,(H2,17,18,19);1H. The van der Waals surface area contributed by atoms with Crippen molar-refractivity contribution in [3.63, 3.8) is 0 Å². The molecular formula is C16H32IN5O3S. The lowest BCUT2D eigenvalue weighted by molar-refractivity contribution is -0.138. The van der Waals surface area contributed by atoms with Gasteiger partial charge < -0.3 is 15.5 Å². The Morgan fingerprint density at radius 2 is 1.85 bits per heavy atom. The van der Waals surface area contributed by atoms with E-state index in [1.54, 1.807) is 26.0 Å². The van der Waals surface area contributed by atoms with Crippen molar-refractivity contribution in [2.75, 3.05) is 53.1 Å². The normalized spacial score (nSPS) is 21.9. The van der Waals surface area contributed by atoms with E-state index in [1.165, 1.54) is 4.31 Å². The van der Waals surface area contributed by atoms with E-state index in [0.717, 1.165) is 25.7 Å². The van der Waals surface area contributed by atoms with Crippen LogP contribution in [0.25, 0.3) is 0 Å². The number of carbonyl (C=O) groups excluding carboxylic acids is 1. The molecular weight excluding hydrogens is 469 g/mol. The van der Waals surface area contributed by atoms with Gasteiger partial charge in [0.2, 0.25) is 15.9 Å². The summed E-state index contributed by atoms with van der Waals surface area (Å²) in [6.45, 7) is 2.07. The number of nitrogens with one attached hydrogen (secondary N) is 2. The molecule has 2 rings (SSSR count). The average molecular weight is 501 g/mol. The number of halogens is 1. The summed E-state index contributed by atoms with van der Waals surface area (Å²) in [4.78, 5) is 18.4. The van der Waals surface area contributed by atoms with E-state index in [0.29, 0.717) is 38.6 Å². The number of guanidine groups is 1. The molecule has 0 aromatic carbocycles. The van der Waals surface area contributed by atoms with Crippen LogP contribution in [-0.2, 0) is 14.8 Å². The molecule has 0 bridgehead atoms. The van der Waals surface area contributed by atoms with Crippen LogP contribution in [0.3, 0.4) is 0 Å². The number of sulfonamides is 1.